The van der Waals surface area contributed by atoms with Gasteiger partial charge in [-0.1, -0.05) is 20.8 Å². The summed E-state index contributed by atoms with van der Waals surface area (Å²) in [5.41, 5.74) is 0.474. The van der Waals surface area contributed by atoms with Crippen LogP contribution in [-0.2, 0) is 4.74 Å². The zero-order valence-corrected chi connectivity index (χ0v) is 11.1. The second-order valence-corrected chi connectivity index (χ2v) is 6.01. The van der Waals surface area contributed by atoms with Crippen molar-refractivity contribution in [3.8, 4) is 0 Å². The molecule has 96 valence electrons. The number of ether oxygens (including phenoxy) is 1. The first-order valence-electron chi connectivity index (χ1n) is 6.35. The van der Waals surface area contributed by atoms with Crippen LogP contribution in [0, 0.1) is 11.3 Å². The summed E-state index contributed by atoms with van der Waals surface area (Å²) in [6, 6.07) is 0.616. The van der Waals surface area contributed by atoms with E-state index in [2.05, 4.69) is 26.1 Å². The fourth-order valence-corrected chi connectivity index (χ4v) is 2.88. The Hall–Kier alpha value is -0.120. The van der Waals surface area contributed by atoms with E-state index in [9.17, 15) is 5.11 Å². The van der Waals surface area contributed by atoms with Crippen molar-refractivity contribution in [1.29, 1.82) is 0 Å². The van der Waals surface area contributed by atoms with Gasteiger partial charge < -0.3 is 15.2 Å². The molecule has 0 aromatic carbocycles. The molecular weight excluding hydrogens is 202 g/mol. The van der Waals surface area contributed by atoms with Gasteiger partial charge in [-0.2, -0.15) is 0 Å². The second-order valence-electron chi connectivity index (χ2n) is 6.01. The summed E-state index contributed by atoms with van der Waals surface area (Å²) in [6.07, 6.45) is 2.99. The zero-order chi connectivity index (χ0) is 12.2. The van der Waals surface area contributed by atoms with E-state index in [-0.39, 0.29) is 6.10 Å². The Labute approximate surface area is 99.6 Å². The third kappa shape index (κ3) is 4.40. The highest BCUT2D eigenvalue weighted by Crippen LogP contribution is 2.40. The Morgan fingerprint density at radius 3 is 2.62 bits per heavy atom. The topological polar surface area (TPSA) is 41.5 Å². The van der Waals surface area contributed by atoms with Crippen LogP contribution in [0.1, 0.15) is 40.0 Å². The summed E-state index contributed by atoms with van der Waals surface area (Å²) in [6.45, 7) is 8.32. The predicted octanol–water partition coefficient (Wildman–Crippen LogP) is 1.80. The minimum atomic E-state index is -0.331. The van der Waals surface area contributed by atoms with Crippen LogP contribution < -0.4 is 5.32 Å². The monoisotopic (exact) mass is 229 g/mol. The molecule has 1 fully saturated rings. The maximum atomic E-state index is 9.53. The van der Waals surface area contributed by atoms with Crippen molar-refractivity contribution < 1.29 is 9.84 Å². The normalized spacial score (nSPS) is 30.6. The van der Waals surface area contributed by atoms with E-state index in [4.69, 9.17) is 4.74 Å². The van der Waals surface area contributed by atoms with E-state index in [1.54, 1.807) is 7.11 Å². The van der Waals surface area contributed by atoms with E-state index < -0.39 is 0 Å². The van der Waals surface area contributed by atoms with Gasteiger partial charge >= 0.3 is 0 Å². The summed E-state index contributed by atoms with van der Waals surface area (Å²) in [5.74, 6) is 0.745. The average Bonchev–Trinajstić information content (AvgIpc) is 2.40. The molecule has 0 bridgehead atoms. The highest BCUT2D eigenvalue weighted by atomic mass is 16.5. The van der Waals surface area contributed by atoms with Crippen LogP contribution in [0.2, 0.25) is 0 Å². The molecule has 0 spiro atoms. The number of hydrogen-bond donors (Lipinski definition) is 2. The molecule has 1 rings (SSSR count). The molecule has 3 heteroatoms. The lowest BCUT2D eigenvalue weighted by Crippen LogP contribution is -2.34. The number of nitrogens with one attached hydrogen (secondary N) is 1. The quantitative estimate of drug-likeness (QED) is 0.730. The summed E-state index contributed by atoms with van der Waals surface area (Å²) in [5, 5.41) is 13.1. The smallest absolute Gasteiger partial charge is 0.0785 e. The van der Waals surface area contributed by atoms with Gasteiger partial charge in [0.15, 0.2) is 0 Å². The van der Waals surface area contributed by atoms with Crippen molar-refractivity contribution in [2.24, 2.45) is 11.3 Å². The Bertz CT molecular complexity index is 206. The molecule has 0 aliphatic heterocycles. The zero-order valence-electron chi connectivity index (χ0n) is 11.1. The Morgan fingerprint density at radius 1 is 1.44 bits per heavy atom. The van der Waals surface area contributed by atoms with Gasteiger partial charge in [-0.3, -0.25) is 0 Å². The van der Waals surface area contributed by atoms with Crippen LogP contribution in [0.5, 0.6) is 0 Å². The molecule has 3 nitrogen and oxygen atoms in total. The third-order valence-corrected chi connectivity index (χ3v) is 3.58. The van der Waals surface area contributed by atoms with Crippen molar-refractivity contribution in [3.05, 3.63) is 0 Å². The van der Waals surface area contributed by atoms with Crippen LogP contribution >= 0.6 is 0 Å². The number of aliphatic hydroxyl groups is 1. The Balaban J connectivity index is 2.18. The maximum Gasteiger partial charge on any atom is 0.0785 e. The van der Waals surface area contributed by atoms with E-state index in [0.29, 0.717) is 18.1 Å². The van der Waals surface area contributed by atoms with Crippen LogP contribution in [0.3, 0.4) is 0 Å². The van der Waals surface area contributed by atoms with Crippen molar-refractivity contribution in [2.45, 2.75) is 52.2 Å². The predicted molar refractivity (Wildman–Crippen MR) is 66.5 cm³/mol. The van der Waals surface area contributed by atoms with Gasteiger partial charge in [0.2, 0.25) is 0 Å². The van der Waals surface area contributed by atoms with Crippen molar-refractivity contribution in [3.63, 3.8) is 0 Å². The molecule has 0 saturated heterocycles. The summed E-state index contributed by atoms with van der Waals surface area (Å²) >= 11 is 0. The molecule has 0 unspecified atom stereocenters. The van der Waals surface area contributed by atoms with Gasteiger partial charge in [0, 0.05) is 13.2 Å². The van der Waals surface area contributed by atoms with Crippen LogP contribution in [0.15, 0.2) is 0 Å². The first kappa shape index (κ1) is 13.9. The molecule has 0 aromatic rings. The number of rotatable bonds is 6. The average molecular weight is 229 g/mol. The summed E-state index contributed by atoms with van der Waals surface area (Å²) < 4.78 is 4.90. The summed E-state index contributed by atoms with van der Waals surface area (Å²) in [7, 11) is 1.62. The number of hydrogen-bond acceptors (Lipinski definition) is 3. The van der Waals surface area contributed by atoms with Gasteiger partial charge in [0.25, 0.3) is 0 Å². The number of methoxy groups -OCH3 is 1. The van der Waals surface area contributed by atoms with E-state index in [0.717, 1.165) is 18.9 Å². The molecule has 1 aliphatic carbocycles. The van der Waals surface area contributed by atoms with Gasteiger partial charge in [-0.25, -0.2) is 0 Å². The van der Waals surface area contributed by atoms with E-state index in [1.807, 2.05) is 0 Å². The third-order valence-electron chi connectivity index (χ3n) is 3.58. The minimum Gasteiger partial charge on any atom is -0.391 e. The first-order valence-corrected chi connectivity index (χ1v) is 6.35. The van der Waals surface area contributed by atoms with Crippen LogP contribution in [0.25, 0.3) is 0 Å². The van der Waals surface area contributed by atoms with Crippen molar-refractivity contribution in [1.82, 2.24) is 5.32 Å². The van der Waals surface area contributed by atoms with Gasteiger partial charge in [-0.05, 0) is 37.1 Å². The maximum absolute atomic E-state index is 9.53. The molecule has 0 heterocycles. The van der Waals surface area contributed by atoms with Gasteiger partial charge in [0.05, 0.1) is 12.7 Å². The van der Waals surface area contributed by atoms with Crippen molar-refractivity contribution in [2.75, 3.05) is 20.3 Å². The second kappa shape index (κ2) is 5.99. The lowest BCUT2D eigenvalue weighted by Gasteiger charge is -2.19. The minimum absolute atomic E-state index is 0.331. The molecule has 2 N–H and O–H groups in total. The Morgan fingerprint density at radius 2 is 2.12 bits per heavy atom. The largest absolute Gasteiger partial charge is 0.391 e. The standard InChI is InChI=1S/C13H27NO2/c1-10-7-13(2,3)8-12(10)14-6-5-11(15)9-16-4/h10-12,14-15H,5-9H2,1-4H3/t10-,11-,12+/m1/s1. The fourth-order valence-electron chi connectivity index (χ4n) is 2.88. The summed E-state index contributed by atoms with van der Waals surface area (Å²) in [4.78, 5) is 0. The Kier molecular flexibility index (Phi) is 5.22. The molecule has 16 heavy (non-hydrogen) atoms. The number of aliphatic hydroxyl groups excluding tert-OH is 1. The lowest BCUT2D eigenvalue weighted by molar-refractivity contribution is 0.0587. The SMILES string of the molecule is COC[C@H](O)CCN[C@H]1CC(C)(C)C[C@H]1C. The molecule has 1 aliphatic rings. The van der Waals surface area contributed by atoms with Crippen LogP contribution in [0.4, 0.5) is 0 Å². The van der Waals surface area contributed by atoms with E-state index >= 15 is 0 Å². The van der Waals surface area contributed by atoms with E-state index in [1.165, 1.54) is 12.8 Å². The highest BCUT2D eigenvalue weighted by Gasteiger charge is 2.36. The molecule has 3 atom stereocenters. The molecular formula is C13H27NO2. The van der Waals surface area contributed by atoms with Gasteiger partial charge in [0.1, 0.15) is 0 Å². The van der Waals surface area contributed by atoms with Gasteiger partial charge in [-0.15, -0.1) is 0 Å². The molecule has 0 radical (unpaired) electrons. The highest BCUT2D eigenvalue weighted by molar-refractivity contribution is 4.91. The fraction of sp³-hybridized carbons (Fsp3) is 1.00. The van der Waals surface area contributed by atoms with Crippen molar-refractivity contribution >= 4 is 0 Å². The lowest BCUT2D eigenvalue weighted by atomic mass is 9.91. The van der Waals surface area contributed by atoms with Crippen LogP contribution in [-0.4, -0.2) is 37.5 Å². The molecule has 1 saturated carbocycles. The first-order chi connectivity index (χ1) is 7.44. The molecule has 0 aromatic heterocycles. The molecule has 0 amide bonds.